The van der Waals surface area contributed by atoms with Gasteiger partial charge in [-0.05, 0) is 31.5 Å². The number of carbonyl (C=O) groups is 1. The van der Waals surface area contributed by atoms with Crippen molar-refractivity contribution in [1.29, 1.82) is 0 Å². The lowest BCUT2D eigenvalue weighted by atomic mass is 10.0. The SMILES string of the molecule is CN(C(=O)Cc1cccc(F)c1)C(C)(C)CO. The van der Waals surface area contributed by atoms with Crippen molar-refractivity contribution in [3.05, 3.63) is 35.6 Å². The van der Waals surface area contributed by atoms with Crippen LogP contribution >= 0.6 is 0 Å². The third kappa shape index (κ3) is 3.53. The zero-order valence-electron chi connectivity index (χ0n) is 10.4. The highest BCUT2D eigenvalue weighted by Crippen LogP contribution is 2.13. The van der Waals surface area contributed by atoms with E-state index in [1.807, 2.05) is 0 Å². The van der Waals surface area contributed by atoms with E-state index in [0.29, 0.717) is 5.56 Å². The fourth-order valence-corrected chi connectivity index (χ4v) is 1.38. The van der Waals surface area contributed by atoms with Crippen molar-refractivity contribution in [2.24, 2.45) is 0 Å². The van der Waals surface area contributed by atoms with Gasteiger partial charge in [-0.15, -0.1) is 0 Å². The molecule has 0 saturated carbocycles. The molecule has 1 amide bonds. The second-order valence-electron chi connectivity index (χ2n) is 4.73. The van der Waals surface area contributed by atoms with E-state index in [-0.39, 0.29) is 24.8 Å². The van der Waals surface area contributed by atoms with Gasteiger partial charge in [-0.2, -0.15) is 0 Å². The molecule has 1 N–H and O–H groups in total. The van der Waals surface area contributed by atoms with Crippen LogP contribution in [0.1, 0.15) is 19.4 Å². The molecule has 94 valence electrons. The summed E-state index contributed by atoms with van der Waals surface area (Å²) in [5.74, 6) is -0.492. The molecule has 4 heteroatoms. The molecule has 0 saturated heterocycles. The minimum Gasteiger partial charge on any atom is -0.394 e. The van der Waals surface area contributed by atoms with Crippen molar-refractivity contribution < 1.29 is 14.3 Å². The molecule has 0 aliphatic heterocycles. The highest BCUT2D eigenvalue weighted by molar-refractivity contribution is 5.79. The summed E-state index contributed by atoms with van der Waals surface area (Å²) in [7, 11) is 1.64. The summed E-state index contributed by atoms with van der Waals surface area (Å²) in [6, 6.07) is 5.98. The lowest BCUT2D eigenvalue weighted by Crippen LogP contribution is -2.48. The summed E-state index contributed by atoms with van der Waals surface area (Å²) in [5, 5.41) is 9.17. The standard InChI is InChI=1S/C13H18FNO2/c1-13(2,9-16)15(3)12(17)8-10-5-4-6-11(14)7-10/h4-7,16H,8-9H2,1-3H3. The molecule has 1 aromatic carbocycles. The number of hydrogen-bond acceptors (Lipinski definition) is 2. The van der Waals surface area contributed by atoms with Crippen LogP contribution in [0.4, 0.5) is 4.39 Å². The number of halogens is 1. The minimum absolute atomic E-state index is 0.113. The van der Waals surface area contributed by atoms with Crippen LogP contribution in [0.25, 0.3) is 0 Å². The Morgan fingerprint density at radius 1 is 1.47 bits per heavy atom. The molecule has 0 aliphatic rings. The first-order chi connectivity index (χ1) is 7.86. The number of aliphatic hydroxyl groups is 1. The van der Waals surface area contributed by atoms with Gasteiger partial charge in [-0.1, -0.05) is 12.1 Å². The summed E-state index contributed by atoms with van der Waals surface area (Å²) < 4.78 is 13.0. The van der Waals surface area contributed by atoms with Gasteiger partial charge in [0.1, 0.15) is 5.82 Å². The van der Waals surface area contributed by atoms with Crippen molar-refractivity contribution in [1.82, 2.24) is 4.90 Å². The molecule has 0 fully saturated rings. The molecule has 0 spiro atoms. The average molecular weight is 239 g/mol. The maximum absolute atomic E-state index is 13.0. The first kappa shape index (κ1) is 13.6. The second-order valence-corrected chi connectivity index (χ2v) is 4.73. The number of aliphatic hydroxyl groups excluding tert-OH is 1. The largest absolute Gasteiger partial charge is 0.394 e. The Balaban J connectivity index is 2.73. The van der Waals surface area contributed by atoms with Gasteiger partial charge in [0.25, 0.3) is 0 Å². The van der Waals surface area contributed by atoms with Crippen LogP contribution in [0.3, 0.4) is 0 Å². The Morgan fingerprint density at radius 3 is 2.65 bits per heavy atom. The summed E-state index contributed by atoms with van der Waals surface area (Å²) in [6.45, 7) is 3.44. The van der Waals surface area contributed by atoms with Gasteiger partial charge >= 0.3 is 0 Å². The topological polar surface area (TPSA) is 40.5 Å². The molecule has 1 aromatic rings. The van der Waals surface area contributed by atoms with Gasteiger partial charge in [0.15, 0.2) is 0 Å². The predicted octanol–water partition coefficient (Wildman–Crippen LogP) is 1.60. The Kier molecular flexibility index (Phi) is 4.23. The molecule has 3 nitrogen and oxygen atoms in total. The summed E-state index contributed by atoms with van der Waals surface area (Å²) in [5.41, 5.74) is 0.0281. The van der Waals surface area contributed by atoms with E-state index in [9.17, 15) is 9.18 Å². The number of benzene rings is 1. The number of likely N-dealkylation sites (N-methyl/N-ethyl adjacent to an activating group) is 1. The zero-order chi connectivity index (χ0) is 13.1. The predicted molar refractivity (Wildman–Crippen MR) is 64.0 cm³/mol. The van der Waals surface area contributed by atoms with Crippen molar-refractivity contribution >= 4 is 5.91 Å². The van der Waals surface area contributed by atoms with Crippen LogP contribution < -0.4 is 0 Å². The summed E-state index contributed by atoms with van der Waals surface area (Å²) >= 11 is 0. The van der Waals surface area contributed by atoms with E-state index >= 15 is 0 Å². The minimum atomic E-state index is -0.607. The molecule has 0 bridgehead atoms. The first-order valence-electron chi connectivity index (χ1n) is 5.49. The number of rotatable bonds is 4. The molecule has 0 heterocycles. The van der Waals surface area contributed by atoms with Crippen LogP contribution in [-0.4, -0.2) is 35.1 Å². The third-order valence-electron chi connectivity index (χ3n) is 2.91. The van der Waals surface area contributed by atoms with E-state index < -0.39 is 5.54 Å². The Bertz CT molecular complexity index is 404. The zero-order valence-corrected chi connectivity index (χ0v) is 10.4. The van der Waals surface area contributed by atoms with Gasteiger partial charge in [0.2, 0.25) is 5.91 Å². The van der Waals surface area contributed by atoms with Gasteiger partial charge in [0.05, 0.1) is 18.6 Å². The van der Waals surface area contributed by atoms with Gasteiger partial charge in [0, 0.05) is 7.05 Å². The summed E-state index contributed by atoms with van der Waals surface area (Å²) in [4.78, 5) is 13.4. The molecule has 17 heavy (non-hydrogen) atoms. The molecular weight excluding hydrogens is 221 g/mol. The Labute approximate surface area is 101 Å². The fourth-order valence-electron chi connectivity index (χ4n) is 1.38. The quantitative estimate of drug-likeness (QED) is 0.867. The Hall–Kier alpha value is -1.42. The van der Waals surface area contributed by atoms with Crippen LogP contribution in [0.15, 0.2) is 24.3 Å². The molecule has 1 rings (SSSR count). The van der Waals surface area contributed by atoms with Crippen LogP contribution in [0.5, 0.6) is 0 Å². The molecule has 0 radical (unpaired) electrons. The van der Waals surface area contributed by atoms with Crippen molar-refractivity contribution in [2.45, 2.75) is 25.8 Å². The van der Waals surface area contributed by atoms with E-state index in [4.69, 9.17) is 5.11 Å². The van der Waals surface area contributed by atoms with Crippen molar-refractivity contribution in [2.75, 3.05) is 13.7 Å². The molecule has 0 aliphatic carbocycles. The smallest absolute Gasteiger partial charge is 0.227 e. The maximum atomic E-state index is 13.0. The normalized spacial score (nSPS) is 11.4. The second kappa shape index (κ2) is 5.27. The lowest BCUT2D eigenvalue weighted by molar-refractivity contribution is -0.135. The van der Waals surface area contributed by atoms with E-state index in [1.54, 1.807) is 33.0 Å². The van der Waals surface area contributed by atoms with Crippen molar-refractivity contribution in [3.8, 4) is 0 Å². The third-order valence-corrected chi connectivity index (χ3v) is 2.91. The van der Waals surface area contributed by atoms with Crippen LogP contribution in [0.2, 0.25) is 0 Å². The monoisotopic (exact) mass is 239 g/mol. The van der Waals surface area contributed by atoms with Gasteiger partial charge in [-0.3, -0.25) is 4.79 Å². The maximum Gasteiger partial charge on any atom is 0.227 e. The molecule has 0 atom stereocenters. The number of carbonyl (C=O) groups excluding carboxylic acids is 1. The number of hydrogen-bond donors (Lipinski definition) is 1. The van der Waals surface area contributed by atoms with Crippen LogP contribution in [0, 0.1) is 5.82 Å². The van der Waals surface area contributed by atoms with Gasteiger partial charge < -0.3 is 10.0 Å². The van der Waals surface area contributed by atoms with Gasteiger partial charge in [-0.25, -0.2) is 4.39 Å². The van der Waals surface area contributed by atoms with Crippen LogP contribution in [-0.2, 0) is 11.2 Å². The first-order valence-corrected chi connectivity index (χ1v) is 5.49. The summed E-state index contributed by atoms with van der Waals surface area (Å²) in [6.07, 6.45) is 0.137. The number of nitrogens with zero attached hydrogens (tertiary/aromatic N) is 1. The van der Waals surface area contributed by atoms with E-state index in [2.05, 4.69) is 0 Å². The molecular formula is C13H18FNO2. The molecule has 0 aromatic heterocycles. The highest BCUT2D eigenvalue weighted by Gasteiger charge is 2.26. The fraction of sp³-hybridized carbons (Fsp3) is 0.462. The van der Waals surface area contributed by atoms with E-state index in [1.165, 1.54) is 17.0 Å². The Morgan fingerprint density at radius 2 is 2.12 bits per heavy atom. The van der Waals surface area contributed by atoms with Crippen molar-refractivity contribution in [3.63, 3.8) is 0 Å². The molecule has 0 unspecified atom stereocenters. The van der Waals surface area contributed by atoms with E-state index in [0.717, 1.165) is 0 Å². The number of amides is 1. The lowest BCUT2D eigenvalue weighted by Gasteiger charge is -2.34. The highest BCUT2D eigenvalue weighted by atomic mass is 19.1. The average Bonchev–Trinajstić information content (AvgIpc) is 2.28.